The van der Waals surface area contributed by atoms with E-state index in [2.05, 4.69) is 33.3 Å². The lowest BCUT2D eigenvalue weighted by molar-refractivity contribution is -0.856. The van der Waals surface area contributed by atoms with E-state index in [9.17, 15) is 4.79 Å². The summed E-state index contributed by atoms with van der Waals surface area (Å²) in [5, 5.41) is 3.03. The van der Waals surface area contributed by atoms with Gasteiger partial charge in [-0.2, -0.15) is 0 Å². The maximum absolute atomic E-state index is 12.2. The first-order valence-corrected chi connectivity index (χ1v) is 6.64. The second-order valence-electron chi connectivity index (χ2n) is 5.38. The standard InChI is InChI=1S/C15H24N2O/c1-12(2)14(13-8-6-5-7-9-13)15(18)16-10-11-17(3)4/h5-9,12,14H,10-11H2,1-4H3,(H,16,18)/p+1/t14-/m1/s1. The van der Waals surface area contributed by atoms with Crippen molar-refractivity contribution in [2.75, 3.05) is 27.2 Å². The van der Waals surface area contributed by atoms with Gasteiger partial charge in [0.2, 0.25) is 5.91 Å². The molecule has 3 heteroatoms. The third-order valence-corrected chi connectivity index (χ3v) is 3.03. The Hall–Kier alpha value is -1.35. The van der Waals surface area contributed by atoms with Gasteiger partial charge in [-0.05, 0) is 11.5 Å². The zero-order chi connectivity index (χ0) is 13.5. The molecule has 0 saturated heterocycles. The van der Waals surface area contributed by atoms with Crippen LogP contribution in [-0.4, -0.2) is 33.1 Å². The Morgan fingerprint density at radius 1 is 1.22 bits per heavy atom. The lowest BCUT2D eigenvalue weighted by atomic mass is 9.88. The number of hydrogen-bond acceptors (Lipinski definition) is 1. The first kappa shape index (κ1) is 14.7. The molecule has 1 amide bonds. The Bertz CT molecular complexity index is 360. The van der Waals surface area contributed by atoms with Gasteiger partial charge in [-0.3, -0.25) is 4.79 Å². The Morgan fingerprint density at radius 3 is 2.33 bits per heavy atom. The van der Waals surface area contributed by atoms with Crippen LogP contribution in [-0.2, 0) is 4.79 Å². The Kier molecular flexibility index (Phi) is 5.86. The minimum Gasteiger partial charge on any atom is -0.350 e. The maximum Gasteiger partial charge on any atom is 0.228 e. The third kappa shape index (κ3) is 4.49. The molecule has 1 aromatic carbocycles. The molecule has 1 rings (SSSR count). The van der Waals surface area contributed by atoms with Crippen molar-refractivity contribution in [1.29, 1.82) is 0 Å². The lowest BCUT2D eigenvalue weighted by Crippen LogP contribution is -3.06. The summed E-state index contributed by atoms with van der Waals surface area (Å²) in [7, 11) is 4.17. The van der Waals surface area contributed by atoms with Crippen LogP contribution in [0.1, 0.15) is 25.3 Å². The number of quaternary nitrogens is 1. The number of carbonyl (C=O) groups is 1. The summed E-state index contributed by atoms with van der Waals surface area (Å²) < 4.78 is 0. The number of benzene rings is 1. The van der Waals surface area contributed by atoms with Crippen LogP contribution in [0.15, 0.2) is 30.3 Å². The van der Waals surface area contributed by atoms with Crippen molar-refractivity contribution in [3.8, 4) is 0 Å². The number of likely N-dealkylation sites (N-methyl/N-ethyl adjacent to an activating group) is 1. The molecule has 2 N–H and O–H groups in total. The van der Waals surface area contributed by atoms with Crippen molar-refractivity contribution >= 4 is 5.91 Å². The lowest BCUT2D eigenvalue weighted by Gasteiger charge is -2.21. The largest absolute Gasteiger partial charge is 0.350 e. The summed E-state index contributed by atoms with van der Waals surface area (Å²) in [5.41, 5.74) is 1.10. The van der Waals surface area contributed by atoms with Gasteiger partial charge in [0.15, 0.2) is 0 Å². The van der Waals surface area contributed by atoms with Gasteiger partial charge in [0.05, 0.1) is 33.1 Å². The molecule has 0 bridgehead atoms. The van der Waals surface area contributed by atoms with E-state index in [-0.39, 0.29) is 11.8 Å². The van der Waals surface area contributed by atoms with Crippen LogP contribution >= 0.6 is 0 Å². The van der Waals surface area contributed by atoms with E-state index < -0.39 is 0 Å². The average molecular weight is 249 g/mol. The Labute approximate surface area is 110 Å². The van der Waals surface area contributed by atoms with Crippen LogP contribution in [0.4, 0.5) is 0 Å². The Morgan fingerprint density at radius 2 is 1.83 bits per heavy atom. The molecule has 0 aliphatic rings. The van der Waals surface area contributed by atoms with E-state index in [0.717, 1.165) is 18.7 Å². The second kappa shape index (κ2) is 7.17. The fourth-order valence-electron chi connectivity index (χ4n) is 2.05. The molecule has 0 saturated carbocycles. The highest BCUT2D eigenvalue weighted by atomic mass is 16.1. The van der Waals surface area contributed by atoms with Gasteiger partial charge in [0.25, 0.3) is 0 Å². The minimum atomic E-state index is -0.0524. The SMILES string of the molecule is CC(C)[C@@H](C(=O)NCC[NH+](C)C)c1ccccc1. The molecule has 0 aliphatic heterocycles. The number of amides is 1. The van der Waals surface area contributed by atoms with Gasteiger partial charge in [0, 0.05) is 0 Å². The van der Waals surface area contributed by atoms with Gasteiger partial charge in [-0.15, -0.1) is 0 Å². The van der Waals surface area contributed by atoms with Crippen molar-refractivity contribution in [3.05, 3.63) is 35.9 Å². The van der Waals surface area contributed by atoms with Crippen LogP contribution in [0.5, 0.6) is 0 Å². The summed E-state index contributed by atoms with van der Waals surface area (Å²) in [6.07, 6.45) is 0. The predicted molar refractivity (Wildman–Crippen MR) is 74.7 cm³/mol. The summed E-state index contributed by atoms with van der Waals surface area (Å²) >= 11 is 0. The molecule has 0 radical (unpaired) electrons. The molecular weight excluding hydrogens is 224 g/mol. The molecule has 100 valence electrons. The zero-order valence-electron chi connectivity index (χ0n) is 11.9. The fraction of sp³-hybridized carbons (Fsp3) is 0.533. The van der Waals surface area contributed by atoms with Crippen LogP contribution in [0, 0.1) is 5.92 Å². The molecule has 0 aliphatic carbocycles. The van der Waals surface area contributed by atoms with Gasteiger partial charge in [-0.1, -0.05) is 44.2 Å². The molecule has 0 aromatic heterocycles. The van der Waals surface area contributed by atoms with Crippen LogP contribution in [0.3, 0.4) is 0 Å². The normalized spacial score (nSPS) is 12.8. The molecule has 3 nitrogen and oxygen atoms in total. The summed E-state index contributed by atoms with van der Waals surface area (Å²) in [5.74, 6) is 0.389. The quantitative estimate of drug-likeness (QED) is 0.764. The fourth-order valence-corrected chi connectivity index (χ4v) is 2.05. The van der Waals surface area contributed by atoms with E-state index in [0.29, 0.717) is 5.92 Å². The van der Waals surface area contributed by atoms with E-state index in [1.807, 2.05) is 30.3 Å². The van der Waals surface area contributed by atoms with Crippen LogP contribution in [0.25, 0.3) is 0 Å². The molecule has 0 fully saturated rings. The van der Waals surface area contributed by atoms with E-state index >= 15 is 0 Å². The first-order chi connectivity index (χ1) is 8.52. The molecule has 0 unspecified atom stereocenters. The topological polar surface area (TPSA) is 33.5 Å². The van der Waals surface area contributed by atoms with Crippen LogP contribution in [0.2, 0.25) is 0 Å². The monoisotopic (exact) mass is 249 g/mol. The van der Waals surface area contributed by atoms with Gasteiger partial charge in [-0.25, -0.2) is 0 Å². The van der Waals surface area contributed by atoms with Gasteiger partial charge < -0.3 is 10.2 Å². The predicted octanol–water partition coefficient (Wildman–Crippen LogP) is 0.687. The van der Waals surface area contributed by atoms with E-state index in [1.54, 1.807) is 0 Å². The molecule has 18 heavy (non-hydrogen) atoms. The molecule has 0 heterocycles. The van der Waals surface area contributed by atoms with Crippen molar-refractivity contribution in [3.63, 3.8) is 0 Å². The maximum atomic E-state index is 12.2. The number of carbonyl (C=O) groups excluding carboxylic acids is 1. The summed E-state index contributed by atoms with van der Waals surface area (Å²) in [6.45, 7) is 5.87. The van der Waals surface area contributed by atoms with Crippen molar-refractivity contribution < 1.29 is 9.69 Å². The van der Waals surface area contributed by atoms with Gasteiger partial charge in [0.1, 0.15) is 0 Å². The Balaban J connectivity index is 2.65. The first-order valence-electron chi connectivity index (χ1n) is 6.64. The molecule has 1 atom stereocenters. The average Bonchev–Trinajstić information content (AvgIpc) is 2.29. The highest BCUT2D eigenvalue weighted by Crippen LogP contribution is 2.24. The van der Waals surface area contributed by atoms with E-state index in [4.69, 9.17) is 0 Å². The third-order valence-electron chi connectivity index (χ3n) is 3.03. The number of nitrogens with one attached hydrogen (secondary N) is 2. The minimum absolute atomic E-state index is 0.0524. The van der Waals surface area contributed by atoms with Crippen molar-refractivity contribution in [1.82, 2.24) is 5.32 Å². The van der Waals surface area contributed by atoms with Crippen LogP contribution < -0.4 is 10.2 Å². The number of rotatable bonds is 6. The van der Waals surface area contributed by atoms with Crippen molar-refractivity contribution in [2.24, 2.45) is 5.92 Å². The van der Waals surface area contributed by atoms with Crippen molar-refractivity contribution in [2.45, 2.75) is 19.8 Å². The summed E-state index contributed by atoms with van der Waals surface area (Å²) in [4.78, 5) is 13.6. The molecular formula is C15H25N2O+. The molecule has 1 aromatic rings. The highest BCUT2D eigenvalue weighted by molar-refractivity contribution is 5.83. The van der Waals surface area contributed by atoms with E-state index in [1.165, 1.54) is 4.90 Å². The summed E-state index contributed by atoms with van der Waals surface area (Å²) in [6, 6.07) is 10.0. The highest BCUT2D eigenvalue weighted by Gasteiger charge is 2.23. The zero-order valence-corrected chi connectivity index (χ0v) is 11.9. The second-order valence-corrected chi connectivity index (χ2v) is 5.38. The smallest absolute Gasteiger partial charge is 0.228 e. The van der Waals surface area contributed by atoms with Gasteiger partial charge >= 0.3 is 0 Å². The molecule has 0 spiro atoms. The number of hydrogen-bond donors (Lipinski definition) is 2.